The number of piperidine rings is 1. The van der Waals surface area contributed by atoms with Crippen LogP contribution in [0, 0.1) is 13.8 Å². The molecular weight excluding hydrogens is 452 g/mol. The van der Waals surface area contributed by atoms with Crippen molar-refractivity contribution in [2.24, 2.45) is 0 Å². The van der Waals surface area contributed by atoms with Crippen LogP contribution >= 0.6 is 0 Å². The van der Waals surface area contributed by atoms with Gasteiger partial charge in [0.25, 0.3) is 5.91 Å². The Labute approximate surface area is 200 Å². The fourth-order valence-corrected chi connectivity index (χ4v) is 6.69. The van der Waals surface area contributed by atoms with Crippen molar-refractivity contribution in [2.45, 2.75) is 37.5 Å². The summed E-state index contributed by atoms with van der Waals surface area (Å²) in [6.07, 6.45) is 5.00. The maximum atomic E-state index is 13.2. The molecule has 2 fully saturated rings. The van der Waals surface area contributed by atoms with Gasteiger partial charge in [-0.25, -0.2) is 12.9 Å². The SMILES string of the molecule is Cc1ccc(S(=O)(=O)N2CCC(c3ccn4ncc(C(=O)N5CCOCC5)c4c3)CC2)c(C)c1. The first-order valence-electron chi connectivity index (χ1n) is 11.8. The van der Waals surface area contributed by atoms with E-state index in [1.165, 1.54) is 0 Å². The summed E-state index contributed by atoms with van der Waals surface area (Å²) in [7, 11) is -3.51. The van der Waals surface area contributed by atoms with E-state index in [0.29, 0.717) is 49.9 Å². The summed E-state index contributed by atoms with van der Waals surface area (Å²) < 4.78 is 35.2. The number of benzene rings is 1. The molecule has 0 bridgehead atoms. The number of aromatic nitrogens is 2. The van der Waals surface area contributed by atoms with Crippen molar-refractivity contribution in [3.63, 3.8) is 0 Å². The molecule has 1 amide bonds. The lowest BCUT2D eigenvalue weighted by Crippen LogP contribution is -2.40. The van der Waals surface area contributed by atoms with Crippen molar-refractivity contribution in [3.8, 4) is 0 Å². The zero-order valence-corrected chi connectivity index (χ0v) is 20.4. The summed E-state index contributed by atoms with van der Waals surface area (Å²) in [5, 5.41) is 4.36. The summed E-state index contributed by atoms with van der Waals surface area (Å²) in [4.78, 5) is 15.2. The molecule has 2 aromatic heterocycles. The number of fused-ring (bicyclic) bond motifs is 1. The molecule has 2 aliphatic heterocycles. The van der Waals surface area contributed by atoms with Crippen molar-refractivity contribution >= 4 is 21.4 Å². The summed E-state index contributed by atoms with van der Waals surface area (Å²) in [6.45, 7) is 7.05. The number of amides is 1. The Balaban J connectivity index is 1.33. The molecule has 4 heterocycles. The molecule has 8 nitrogen and oxygen atoms in total. The zero-order chi connectivity index (χ0) is 23.9. The van der Waals surface area contributed by atoms with E-state index in [9.17, 15) is 13.2 Å². The quantitative estimate of drug-likeness (QED) is 0.571. The molecule has 2 saturated heterocycles. The van der Waals surface area contributed by atoms with Gasteiger partial charge < -0.3 is 9.64 Å². The van der Waals surface area contributed by atoms with E-state index >= 15 is 0 Å². The number of pyridine rings is 1. The Kier molecular flexibility index (Phi) is 6.18. The van der Waals surface area contributed by atoms with Gasteiger partial charge >= 0.3 is 0 Å². The number of hydrogen-bond donors (Lipinski definition) is 0. The molecule has 34 heavy (non-hydrogen) atoms. The molecule has 0 spiro atoms. The molecule has 0 aliphatic carbocycles. The summed E-state index contributed by atoms with van der Waals surface area (Å²) in [5.74, 6) is 0.210. The molecule has 0 unspecified atom stereocenters. The summed E-state index contributed by atoms with van der Waals surface area (Å²) in [5.41, 5.74) is 4.34. The average Bonchev–Trinajstić information content (AvgIpc) is 3.27. The van der Waals surface area contributed by atoms with Crippen LogP contribution < -0.4 is 0 Å². The Morgan fingerprint density at radius 1 is 1.03 bits per heavy atom. The van der Waals surface area contributed by atoms with Gasteiger partial charge in [-0.05, 0) is 61.9 Å². The Morgan fingerprint density at radius 2 is 1.76 bits per heavy atom. The van der Waals surface area contributed by atoms with Crippen LogP contribution in [0.3, 0.4) is 0 Å². The van der Waals surface area contributed by atoms with Crippen molar-refractivity contribution in [1.82, 2.24) is 18.8 Å². The molecule has 5 rings (SSSR count). The van der Waals surface area contributed by atoms with E-state index in [0.717, 1.165) is 35.0 Å². The minimum absolute atomic E-state index is 0.0233. The third kappa shape index (κ3) is 4.23. The van der Waals surface area contributed by atoms with Crippen molar-refractivity contribution < 1.29 is 17.9 Å². The van der Waals surface area contributed by atoms with Crippen molar-refractivity contribution in [2.75, 3.05) is 39.4 Å². The Hall–Kier alpha value is -2.75. The maximum Gasteiger partial charge on any atom is 0.257 e. The molecule has 0 saturated carbocycles. The Bertz CT molecular complexity index is 1320. The fraction of sp³-hybridized carbons (Fsp3) is 0.440. The number of carbonyl (C=O) groups is 1. The predicted molar refractivity (Wildman–Crippen MR) is 129 cm³/mol. The smallest absolute Gasteiger partial charge is 0.257 e. The molecular formula is C25H30N4O4S. The highest BCUT2D eigenvalue weighted by Gasteiger charge is 2.31. The maximum absolute atomic E-state index is 13.2. The second-order valence-electron chi connectivity index (χ2n) is 9.20. The number of morpholine rings is 1. The molecule has 2 aliphatic rings. The van der Waals surface area contributed by atoms with Crippen LogP contribution in [0.4, 0.5) is 0 Å². The van der Waals surface area contributed by atoms with Gasteiger partial charge in [0.05, 0.1) is 35.4 Å². The third-order valence-corrected chi connectivity index (χ3v) is 9.01. The summed E-state index contributed by atoms with van der Waals surface area (Å²) >= 11 is 0. The second-order valence-corrected chi connectivity index (χ2v) is 11.1. The number of rotatable bonds is 4. The number of hydrogen-bond acceptors (Lipinski definition) is 5. The monoisotopic (exact) mass is 482 g/mol. The zero-order valence-electron chi connectivity index (χ0n) is 19.6. The minimum Gasteiger partial charge on any atom is -0.378 e. The fourth-order valence-electron chi connectivity index (χ4n) is 5.01. The highest BCUT2D eigenvalue weighted by atomic mass is 32.2. The number of sulfonamides is 1. The first-order chi connectivity index (χ1) is 16.3. The van der Waals surface area contributed by atoms with Gasteiger partial charge in [-0.15, -0.1) is 0 Å². The van der Waals surface area contributed by atoms with Gasteiger partial charge in [0, 0.05) is 32.4 Å². The number of nitrogens with zero attached hydrogens (tertiary/aromatic N) is 4. The van der Waals surface area contributed by atoms with Crippen LogP contribution in [0.5, 0.6) is 0 Å². The number of aryl methyl sites for hydroxylation is 2. The lowest BCUT2D eigenvalue weighted by molar-refractivity contribution is 0.0304. The van der Waals surface area contributed by atoms with Crippen LogP contribution in [-0.4, -0.2) is 72.5 Å². The van der Waals surface area contributed by atoms with Crippen LogP contribution in [0.1, 0.15) is 45.8 Å². The molecule has 0 radical (unpaired) electrons. The van der Waals surface area contributed by atoms with Crippen LogP contribution in [0.2, 0.25) is 0 Å². The largest absolute Gasteiger partial charge is 0.378 e. The van der Waals surface area contributed by atoms with Crippen LogP contribution in [0.15, 0.2) is 47.6 Å². The van der Waals surface area contributed by atoms with Gasteiger partial charge in [0.15, 0.2) is 0 Å². The van der Waals surface area contributed by atoms with Crippen LogP contribution in [-0.2, 0) is 14.8 Å². The molecule has 0 atom stereocenters. The van der Waals surface area contributed by atoms with Gasteiger partial charge in [-0.3, -0.25) is 4.79 Å². The van der Waals surface area contributed by atoms with E-state index in [1.807, 2.05) is 49.2 Å². The normalized spacial score (nSPS) is 18.5. The van der Waals surface area contributed by atoms with Crippen LogP contribution in [0.25, 0.3) is 5.52 Å². The first-order valence-corrected chi connectivity index (χ1v) is 13.2. The molecule has 9 heteroatoms. The highest BCUT2D eigenvalue weighted by Crippen LogP contribution is 2.32. The van der Waals surface area contributed by atoms with Gasteiger partial charge in [-0.1, -0.05) is 17.7 Å². The molecule has 1 aromatic carbocycles. The lowest BCUT2D eigenvalue weighted by atomic mass is 9.90. The first kappa shape index (κ1) is 23.0. The second kappa shape index (κ2) is 9.13. The lowest BCUT2D eigenvalue weighted by Gasteiger charge is -2.32. The van der Waals surface area contributed by atoms with E-state index < -0.39 is 10.0 Å². The van der Waals surface area contributed by atoms with E-state index in [4.69, 9.17) is 4.74 Å². The van der Waals surface area contributed by atoms with Gasteiger partial charge in [0.1, 0.15) is 0 Å². The average molecular weight is 483 g/mol. The molecule has 0 N–H and O–H groups in total. The number of carbonyl (C=O) groups excluding carboxylic acids is 1. The van der Waals surface area contributed by atoms with E-state index in [2.05, 4.69) is 5.10 Å². The standard InChI is InChI=1S/C25H30N4O4S/c1-18-3-4-24(19(2)15-18)34(31,32)28-8-5-20(6-9-28)21-7-10-29-23(16-21)22(17-26-29)25(30)27-11-13-33-14-12-27/h3-4,7,10,15-17,20H,5-6,8-9,11-14H2,1-2H3. The Morgan fingerprint density at radius 3 is 2.47 bits per heavy atom. The van der Waals surface area contributed by atoms with Crippen molar-refractivity contribution in [1.29, 1.82) is 0 Å². The predicted octanol–water partition coefficient (Wildman–Crippen LogP) is 2.99. The minimum atomic E-state index is -3.51. The van der Waals surface area contributed by atoms with Gasteiger partial charge in [-0.2, -0.15) is 9.40 Å². The third-order valence-electron chi connectivity index (χ3n) is 6.95. The molecule has 180 valence electrons. The van der Waals surface area contributed by atoms with Gasteiger partial charge in [0.2, 0.25) is 10.0 Å². The molecule has 3 aromatic rings. The van der Waals surface area contributed by atoms with E-state index in [1.54, 1.807) is 21.1 Å². The highest BCUT2D eigenvalue weighted by molar-refractivity contribution is 7.89. The number of ether oxygens (including phenoxy) is 1. The van der Waals surface area contributed by atoms with Crippen molar-refractivity contribution in [3.05, 3.63) is 65.0 Å². The summed E-state index contributed by atoms with van der Waals surface area (Å²) in [6, 6.07) is 9.55. The van der Waals surface area contributed by atoms with E-state index in [-0.39, 0.29) is 11.8 Å². The topological polar surface area (TPSA) is 84.2 Å².